The van der Waals surface area contributed by atoms with Gasteiger partial charge in [0.15, 0.2) is 5.82 Å². The minimum atomic E-state index is 0.759. The van der Waals surface area contributed by atoms with E-state index in [4.69, 9.17) is 0 Å². The highest BCUT2D eigenvalue weighted by Crippen LogP contribution is 2.17. The molecule has 0 saturated carbocycles. The van der Waals surface area contributed by atoms with Crippen molar-refractivity contribution in [1.29, 1.82) is 0 Å². The number of nitrogens with one attached hydrogen (secondary N) is 2. The summed E-state index contributed by atoms with van der Waals surface area (Å²) < 4.78 is 1.75. The van der Waals surface area contributed by atoms with E-state index in [9.17, 15) is 0 Å². The smallest absolute Gasteiger partial charge is 0.153 e. The summed E-state index contributed by atoms with van der Waals surface area (Å²) in [6.45, 7) is 5.20. The van der Waals surface area contributed by atoms with Crippen molar-refractivity contribution < 1.29 is 0 Å². The molecule has 106 valence electrons. The van der Waals surface area contributed by atoms with Crippen LogP contribution in [0.25, 0.3) is 5.69 Å². The standard InChI is InChI=1S/C14H20N6/c1-11-17-18-19-20(11)14-4-2-3-13(9-14)16-10-12-5-7-15-8-6-12/h2-4,9,12,15-16H,5-8,10H2,1H3. The van der Waals surface area contributed by atoms with Gasteiger partial charge >= 0.3 is 0 Å². The van der Waals surface area contributed by atoms with Gasteiger partial charge < -0.3 is 10.6 Å². The number of piperidine rings is 1. The van der Waals surface area contributed by atoms with Crippen LogP contribution in [0.15, 0.2) is 24.3 Å². The quantitative estimate of drug-likeness (QED) is 0.880. The van der Waals surface area contributed by atoms with Crippen LogP contribution in [-0.2, 0) is 0 Å². The molecule has 2 aromatic rings. The third kappa shape index (κ3) is 2.96. The molecular weight excluding hydrogens is 252 g/mol. The fraction of sp³-hybridized carbons (Fsp3) is 0.500. The topological polar surface area (TPSA) is 67.7 Å². The van der Waals surface area contributed by atoms with Crippen LogP contribution in [0.4, 0.5) is 5.69 Å². The van der Waals surface area contributed by atoms with Gasteiger partial charge in [-0.2, -0.15) is 4.68 Å². The van der Waals surface area contributed by atoms with E-state index in [1.165, 1.54) is 12.8 Å². The molecule has 6 nitrogen and oxygen atoms in total. The molecule has 2 N–H and O–H groups in total. The number of nitrogens with zero attached hydrogens (tertiary/aromatic N) is 4. The average molecular weight is 272 g/mol. The predicted octanol–water partition coefficient (Wildman–Crippen LogP) is 1.38. The minimum absolute atomic E-state index is 0.759. The van der Waals surface area contributed by atoms with Crippen molar-refractivity contribution in [3.8, 4) is 5.69 Å². The molecule has 0 unspecified atom stereocenters. The summed E-state index contributed by atoms with van der Waals surface area (Å²) in [7, 11) is 0. The molecule has 3 rings (SSSR count). The van der Waals surface area contributed by atoms with E-state index in [2.05, 4.69) is 38.3 Å². The Labute approximate surface area is 118 Å². The predicted molar refractivity (Wildman–Crippen MR) is 78.0 cm³/mol. The fourth-order valence-electron chi connectivity index (χ4n) is 2.57. The lowest BCUT2D eigenvalue weighted by Crippen LogP contribution is -2.31. The largest absolute Gasteiger partial charge is 0.385 e. The monoisotopic (exact) mass is 272 g/mol. The normalized spacial score (nSPS) is 16.2. The zero-order chi connectivity index (χ0) is 13.8. The van der Waals surface area contributed by atoms with Crippen molar-refractivity contribution in [2.24, 2.45) is 5.92 Å². The van der Waals surface area contributed by atoms with Crippen LogP contribution in [0.1, 0.15) is 18.7 Å². The molecule has 0 amide bonds. The average Bonchev–Trinajstić information content (AvgIpc) is 2.93. The van der Waals surface area contributed by atoms with E-state index in [0.717, 1.165) is 42.8 Å². The van der Waals surface area contributed by atoms with Crippen LogP contribution in [0, 0.1) is 12.8 Å². The second kappa shape index (κ2) is 6.00. The van der Waals surface area contributed by atoms with E-state index in [1.54, 1.807) is 4.68 Å². The van der Waals surface area contributed by atoms with E-state index in [-0.39, 0.29) is 0 Å². The van der Waals surface area contributed by atoms with Crippen molar-refractivity contribution in [2.75, 3.05) is 25.0 Å². The number of tetrazole rings is 1. The maximum absolute atomic E-state index is 4.00. The number of hydrogen-bond donors (Lipinski definition) is 2. The van der Waals surface area contributed by atoms with E-state index < -0.39 is 0 Å². The summed E-state index contributed by atoms with van der Waals surface area (Å²) in [5, 5.41) is 18.5. The third-order valence-corrected chi connectivity index (χ3v) is 3.77. The SMILES string of the molecule is Cc1nnnn1-c1cccc(NCC2CCNCC2)c1. The Morgan fingerprint density at radius 3 is 2.95 bits per heavy atom. The van der Waals surface area contributed by atoms with E-state index >= 15 is 0 Å². The van der Waals surface area contributed by atoms with Crippen molar-refractivity contribution >= 4 is 5.69 Å². The second-order valence-corrected chi connectivity index (χ2v) is 5.26. The van der Waals surface area contributed by atoms with Gasteiger partial charge in [-0.3, -0.25) is 0 Å². The van der Waals surface area contributed by atoms with Gasteiger partial charge in [0.2, 0.25) is 0 Å². The van der Waals surface area contributed by atoms with Gasteiger partial charge in [-0.15, -0.1) is 5.10 Å². The fourth-order valence-corrected chi connectivity index (χ4v) is 2.57. The molecule has 0 aliphatic carbocycles. The van der Waals surface area contributed by atoms with Crippen LogP contribution in [0.2, 0.25) is 0 Å². The summed E-state index contributed by atoms with van der Waals surface area (Å²) in [4.78, 5) is 0. The highest BCUT2D eigenvalue weighted by atomic mass is 15.5. The highest BCUT2D eigenvalue weighted by Gasteiger charge is 2.12. The van der Waals surface area contributed by atoms with Crippen LogP contribution >= 0.6 is 0 Å². The zero-order valence-corrected chi connectivity index (χ0v) is 11.7. The Balaban J connectivity index is 1.67. The summed E-state index contributed by atoms with van der Waals surface area (Å²) >= 11 is 0. The van der Waals surface area contributed by atoms with E-state index in [1.807, 2.05) is 19.1 Å². The number of hydrogen-bond acceptors (Lipinski definition) is 5. The van der Waals surface area contributed by atoms with Crippen molar-refractivity contribution in [3.05, 3.63) is 30.1 Å². The van der Waals surface area contributed by atoms with Gasteiger partial charge in [0.05, 0.1) is 5.69 Å². The molecule has 2 heterocycles. The maximum Gasteiger partial charge on any atom is 0.153 e. The number of anilines is 1. The molecule has 0 spiro atoms. The number of rotatable bonds is 4. The molecule has 0 bridgehead atoms. The van der Waals surface area contributed by atoms with Gasteiger partial charge in [-0.05, 0) is 67.4 Å². The number of benzene rings is 1. The summed E-state index contributed by atoms with van der Waals surface area (Å²) in [6.07, 6.45) is 2.50. The van der Waals surface area contributed by atoms with Gasteiger partial charge in [-0.25, -0.2) is 0 Å². The van der Waals surface area contributed by atoms with Gasteiger partial charge in [-0.1, -0.05) is 6.07 Å². The molecule has 1 aliphatic rings. The van der Waals surface area contributed by atoms with Crippen molar-refractivity contribution in [1.82, 2.24) is 25.5 Å². The summed E-state index contributed by atoms with van der Waals surface area (Å²) in [5.41, 5.74) is 2.11. The van der Waals surface area contributed by atoms with Crippen molar-refractivity contribution in [3.63, 3.8) is 0 Å². The first-order valence-corrected chi connectivity index (χ1v) is 7.13. The number of aromatic nitrogens is 4. The van der Waals surface area contributed by atoms with Gasteiger partial charge in [0.1, 0.15) is 0 Å². The second-order valence-electron chi connectivity index (χ2n) is 5.26. The van der Waals surface area contributed by atoms with Crippen LogP contribution < -0.4 is 10.6 Å². The van der Waals surface area contributed by atoms with Gasteiger partial charge in [0, 0.05) is 12.2 Å². The molecule has 6 heteroatoms. The number of aryl methyl sites for hydroxylation is 1. The molecule has 0 atom stereocenters. The Bertz CT molecular complexity index is 558. The third-order valence-electron chi connectivity index (χ3n) is 3.77. The van der Waals surface area contributed by atoms with Crippen LogP contribution in [-0.4, -0.2) is 39.8 Å². The Hall–Kier alpha value is -1.95. The van der Waals surface area contributed by atoms with Gasteiger partial charge in [0.25, 0.3) is 0 Å². The lowest BCUT2D eigenvalue weighted by atomic mass is 9.98. The Kier molecular flexibility index (Phi) is 3.92. The lowest BCUT2D eigenvalue weighted by molar-refractivity contribution is 0.390. The summed E-state index contributed by atoms with van der Waals surface area (Å²) in [6, 6.07) is 8.22. The first-order valence-electron chi connectivity index (χ1n) is 7.13. The lowest BCUT2D eigenvalue weighted by Gasteiger charge is -2.23. The van der Waals surface area contributed by atoms with Crippen molar-refractivity contribution in [2.45, 2.75) is 19.8 Å². The van der Waals surface area contributed by atoms with E-state index in [0.29, 0.717) is 0 Å². The minimum Gasteiger partial charge on any atom is -0.385 e. The Morgan fingerprint density at radius 2 is 2.20 bits per heavy atom. The zero-order valence-electron chi connectivity index (χ0n) is 11.7. The maximum atomic E-state index is 4.00. The molecule has 0 radical (unpaired) electrons. The first kappa shape index (κ1) is 13.1. The summed E-state index contributed by atoms with van der Waals surface area (Å²) in [5.74, 6) is 1.55. The Morgan fingerprint density at radius 1 is 1.35 bits per heavy atom. The molecule has 20 heavy (non-hydrogen) atoms. The molecule has 1 aliphatic heterocycles. The molecule has 1 aromatic carbocycles. The first-order chi connectivity index (χ1) is 9.83. The molecule has 1 saturated heterocycles. The molecular formula is C14H20N6. The molecule has 1 fully saturated rings. The molecule has 1 aromatic heterocycles. The highest BCUT2D eigenvalue weighted by molar-refractivity contribution is 5.51. The van der Waals surface area contributed by atoms with Crippen LogP contribution in [0.3, 0.4) is 0 Å². The van der Waals surface area contributed by atoms with Crippen LogP contribution in [0.5, 0.6) is 0 Å².